The van der Waals surface area contributed by atoms with Crippen LogP contribution in [0.25, 0.3) is 21.9 Å². The van der Waals surface area contributed by atoms with Gasteiger partial charge in [-0.15, -0.1) is 24.8 Å². The molecule has 3 fully saturated rings. The molecule has 3 saturated heterocycles. The van der Waals surface area contributed by atoms with Crippen LogP contribution >= 0.6 is 24.8 Å². The first kappa shape index (κ1) is 41.1. The predicted octanol–water partition coefficient (Wildman–Crippen LogP) is 8.96. The fourth-order valence-electron chi connectivity index (χ4n) is 7.98. The molecule has 0 unspecified atom stereocenters. The number of halogens is 2. The van der Waals surface area contributed by atoms with Crippen LogP contribution in [0.1, 0.15) is 93.3 Å². The van der Waals surface area contributed by atoms with Crippen molar-refractivity contribution < 1.29 is 28.1 Å². The third kappa shape index (κ3) is 9.01. The monoisotopic (exact) mass is 807 g/mol. The van der Waals surface area contributed by atoms with Crippen molar-refractivity contribution in [3.05, 3.63) is 71.3 Å². The zero-order chi connectivity index (χ0) is 37.4. The maximum Gasteiger partial charge on any atom is 0.415 e. The van der Waals surface area contributed by atoms with Crippen LogP contribution in [0.5, 0.6) is 5.75 Å². The molecule has 13 nitrogen and oxygen atoms in total. The van der Waals surface area contributed by atoms with Gasteiger partial charge in [-0.05, 0) is 107 Å². The Labute approximate surface area is 338 Å². The number of hydrogen-bond acceptors (Lipinski definition) is 9. The number of carbonyl (C=O) groups excluding carboxylic acids is 3. The number of nitrogens with zero attached hydrogens (tertiary/aromatic N) is 4. The number of benzene rings is 2. The van der Waals surface area contributed by atoms with Gasteiger partial charge >= 0.3 is 12.1 Å². The molecule has 2 aromatic carbocycles. The van der Waals surface area contributed by atoms with Crippen LogP contribution in [0.15, 0.2) is 57.5 Å². The predicted molar refractivity (Wildman–Crippen MR) is 221 cm³/mol. The number of ketones is 1. The number of nitrogens with one attached hydrogen (secondary N) is 3. The molecule has 5 aromatic rings. The van der Waals surface area contributed by atoms with Gasteiger partial charge in [0.05, 0.1) is 5.69 Å². The van der Waals surface area contributed by atoms with Gasteiger partial charge in [-0.25, -0.2) is 9.59 Å². The van der Waals surface area contributed by atoms with Crippen molar-refractivity contribution >= 4 is 76.1 Å². The van der Waals surface area contributed by atoms with E-state index in [1.165, 1.54) is 19.3 Å². The van der Waals surface area contributed by atoms with Crippen LogP contribution in [-0.4, -0.2) is 88.1 Å². The van der Waals surface area contributed by atoms with E-state index in [0.717, 1.165) is 68.3 Å². The normalized spacial score (nSPS) is 17.1. The Balaban J connectivity index is 0.00000266. The zero-order valence-corrected chi connectivity index (χ0v) is 33.8. The molecule has 300 valence electrons. The second kappa shape index (κ2) is 17.3. The lowest BCUT2D eigenvalue weighted by Gasteiger charge is -2.39. The van der Waals surface area contributed by atoms with E-state index in [0.29, 0.717) is 65.4 Å². The summed E-state index contributed by atoms with van der Waals surface area (Å²) in [5.74, 6) is 1.35. The van der Waals surface area contributed by atoms with Crippen molar-refractivity contribution in [3.8, 4) is 5.75 Å². The van der Waals surface area contributed by atoms with Crippen LogP contribution in [0.4, 0.5) is 21.1 Å². The number of likely N-dealkylation sites (tertiary alicyclic amines) is 3. The van der Waals surface area contributed by atoms with Gasteiger partial charge in [0.25, 0.3) is 0 Å². The van der Waals surface area contributed by atoms with Gasteiger partial charge in [0.1, 0.15) is 17.1 Å². The van der Waals surface area contributed by atoms with E-state index >= 15 is 0 Å². The van der Waals surface area contributed by atoms with Crippen LogP contribution in [0, 0.1) is 0 Å². The summed E-state index contributed by atoms with van der Waals surface area (Å²) in [4.78, 5) is 50.2. The number of carbonyl (C=O) groups is 3. The average molecular weight is 809 g/mol. The Hall–Kier alpha value is -4.56. The highest BCUT2D eigenvalue weighted by molar-refractivity contribution is 6.11. The van der Waals surface area contributed by atoms with E-state index in [4.69, 9.17) is 13.7 Å². The molecule has 0 saturated carbocycles. The average Bonchev–Trinajstić information content (AvgIpc) is 3.99. The van der Waals surface area contributed by atoms with Crippen molar-refractivity contribution in [3.63, 3.8) is 0 Å². The molecular weight excluding hydrogens is 757 g/mol. The summed E-state index contributed by atoms with van der Waals surface area (Å²) in [5.41, 5.74) is 2.83. The summed E-state index contributed by atoms with van der Waals surface area (Å²) < 4.78 is 17.5. The number of furan rings is 1. The largest absolute Gasteiger partial charge is 0.453 e. The van der Waals surface area contributed by atoms with Gasteiger partial charge in [-0.2, -0.15) is 0 Å². The van der Waals surface area contributed by atoms with Crippen molar-refractivity contribution in [1.82, 2.24) is 24.8 Å². The fraction of sp³-hybridized carbons (Fsp3) is 0.463. The second-order valence-corrected chi connectivity index (χ2v) is 16.0. The Morgan fingerprint density at radius 2 is 1.61 bits per heavy atom. The number of aromatic amines is 1. The molecule has 0 atom stereocenters. The first-order valence-electron chi connectivity index (χ1n) is 19.3. The SMILES string of the molecule is CC(C)(C)c1cc(NC(=O)Nc2ccc3oc(C(=O)c4cc5c(CN6CCCC6)c(OC(=O)N6CCC(N7CCCCC7)CC6)ccc5[nH]4)cc3c2)no1.Cl.Cl. The third-order valence-electron chi connectivity index (χ3n) is 11.0. The minimum atomic E-state index is -0.479. The van der Waals surface area contributed by atoms with Crippen LogP contribution in [0.2, 0.25) is 0 Å². The molecule has 0 bridgehead atoms. The lowest BCUT2D eigenvalue weighted by Crippen LogP contribution is -2.48. The van der Waals surface area contributed by atoms with Gasteiger partial charge < -0.3 is 33.8 Å². The maximum absolute atomic E-state index is 13.9. The van der Waals surface area contributed by atoms with Crippen LogP contribution < -0.4 is 15.4 Å². The zero-order valence-electron chi connectivity index (χ0n) is 32.2. The van der Waals surface area contributed by atoms with Gasteiger partial charge in [0.2, 0.25) is 5.78 Å². The molecule has 3 aliphatic rings. The molecule has 6 heterocycles. The van der Waals surface area contributed by atoms with E-state index in [1.54, 1.807) is 30.3 Å². The number of anilines is 2. The Bertz CT molecular complexity index is 2170. The fourth-order valence-corrected chi connectivity index (χ4v) is 7.98. The van der Waals surface area contributed by atoms with E-state index in [-0.39, 0.29) is 47.9 Å². The van der Waals surface area contributed by atoms with Crippen molar-refractivity contribution in [2.45, 2.75) is 83.7 Å². The van der Waals surface area contributed by atoms with Gasteiger partial charge in [-0.3, -0.25) is 15.0 Å². The van der Waals surface area contributed by atoms with E-state index < -0.39 is 6.03 Å². The minimum absolute atomic E-state index is 0. The molecule has 0 radical (unpaired) electrons. The van der Waals surface area contributed by atoms with Crippen LogP contribution in [0.3, 0.4) is 0 Å². The van der Waals surface area contributed by atoms with Crippen molar-refractivity contribution in [2.75, 3.05) is 49.9 Å². The highest BCUT2D eigenvalue weighted by atomic mass is 35.5. The maximum atomic E-state index is 13.9. The van der Waals surface area contributed by atoms with Crippen molar-refractivity contribution in [1.29, 1.82) is 0 Å². The quantitative estimate of drug-likeness (QED) is 0.131. The van der Waals surface area contributed by atoms with E-state index in [9.17, 15) is 14.4 Å². The molecule has 3 N–H and O–H groups in total. The van der Waals surface area contributed by atoms with Gasteiger partial charge in [0.15, 0.2) is 11.6 Å². The summed E-state index contributed by atoms with van der Waals surface area (Å²) in [6.07, 6.45) is 7.72. The number of amides is 3. The molecule has 0 spiro atoms. The molecule has 0 aliphatic carbocycles. The number of H-pyrrole nitrogens is 1. The summed E-state index contributed by atoms with van der Waals surface area (Å²) >= 11 is 0. The lowest BCUT2D eigenvalue weighted by molar-refractivity contribution is 0.0876. The third-order valence-corrected chi connectivity index (χ3v) is 11.0. The van der Waals surface area contributed by atoms with E-state index in [2.05, 4.69) is 30.6 Å². The first-order valence-corrected chi connectivity index (χ1v) is 19.3. The van der Waals surface area contributed by atoms with Gasteiger partial charge in [0, 0.05) is 64.7 Å². The Morgan fingerprint density at radius 1 is 0.875 bits per heavy atom. The molecule has 8 rings (SSSR count). The van der Waals surface area contributed by atoms with Gasteiger partial charge in [-0.1, -0.05) is 32.3 Å². The Kier molecular flexibility index (Phi) is 12.7. The molecule has 3 aliphatic heterocycles. The smallest absolute Gasteiger partial charge is 0.415 e. The number of aromatic nitrogens is 2. The summed E-state index contributed by atoms with van der Waals surface area (Å²) in [6.45, 7) is 12.3. The molecule has 3 aromatic heterocycles. The van der Waals surface area contributed by atoms with E-state index in [1.807, 2.05) is 43.9 Å². The summed E-state index contributed by atoms with van der Waals surface area (Å²) in [5, 5.41) is 10.9. The highest BCUT2D eigenvalue weighted by Gasteiger charge is 2.30. The van der Waals surface area contributed by atoms with Crippen LogP contribution in [-0.2, 0) is 12.0 Å². The molecule has 56 heavy (non-hydrogen) atoms. The second-order valence-electron chi connectivity index (χ2n) is 16.0. The number of rotatable bonds is 8. The Morgan fingerprint density at radius 3 is 2.32 bits per heavy atom. The number of piperidine rings is 2. The highest BCUT2D eigenvalue weighted by Crippen LogP contribution is 2.34. The molecule has 3 amide bonds. The number of fused-ring (bicyclic) bond motifs is 2. The number of urea groups is 1. The van der Waals surface area contributed by atoms with Crippen molar-refractivity contribution in [2.24, 2.45) is 0 Å². The molecule has 15 heteroatoms. The first-order chi connectivity index (χ1) is 26.1. The topological polar surface area (TPSA) is 149 Å². The standard InChI is InChI=1S/C41H49N7O6.2ClH/c1-41(2,3)36-24-37(45-54-36)44-39(50)42-27-9-11-33-26(21-27)22-35(52-33)38(49)32-23-29-30(25-46-15-7-8-16-46)34(12-10-31(29)43-32)53-40(51)48-19-13-28(14-20-48)47-17-5-4-6-18-47;;/h9-12,21-24,28,43H,4-8,13-20,25H2,1-3H3,(H2,42,44,45,50);2*1H. The molecular formula is C41H51Cl2N7O6. The summed E-state index contributed by atoms with van der Waals surface area (Å²) in [7, 11) is 0. The lowest BCUT2D eigenvalue weighted by atomic mass is 9.93. The summed E-state index contributed by atoms with van der Waals surface area (Å²) in [6, 6.07) is 14.1. The number of hydrogen-bond donors (Lipinski definition) is 3. The minimum Gasteiger partial charge on any atom is -0.453 e. The number of ether oxygens (including phenoxy) is 1.